The van der Waals surface area contributed by atoms with Crippen LogP contribution in [0, 0.1) is 5.82 Å². The van der Waals surface area contributed by atoms with Crippen molar-refractivity contribution in [1.29, 1.82) is 0 Å². The van der Waals surface area contributed by atoms with Gasteiger partial charge in [-0.2, -0.15) is 0 Å². The molecule has 0 unspecified atom stereocenters. The summed E-state index contributed by atoms with van der Waals surface area (Å²) < 4.78 is 12.9. The minimum Gasteiger partial charge on any atom is -0.348 e. The van der Waals surface area contributed by atoms with Crippen molar-refractivity contribution in [1.82, 2.24) is 15.3 Å². The quantitative estimate of drug-likeness (QED) is 0.808. The van der Waals surface area contributed by atoms with Crippen LogP contribution < -0.4 is 10.2 Å². The maximum absolute atomic E-state index is 12.9. The number of nitrogens with one attached hydrogen (secondary N) is 1. The fraction of sp³-hybridized carbons (Fsp3) is 0.389. The molecule has 0 saturated carbocycles. The zero-order chi connectivity index (χ0) is 17.4. The summed E-state index contributed by atoms with van der Waals surface area (Å²) in [6.07, 6.45) is 5.12. The average Bonchev–Trinajstić information content (AvgIpc) is 2.61. The normalized spacial score (nSPS) is 10.5. The summed E-state index contributed by atoms with van der Waals surface area (Å²) in [6.45, 7) is 6.34. The summed E-state index contributed by atoms with van der Waals surface area (Å²) in [5, 5.41) is 2.78. The number of rotatable bonds is 8. The van der Waals surface area contributed by atoms with E-state index in [0.29, 0.717) is 18.1 Å². The minimum atomic E-state index is -0.294. The van der Waals surface area contributed by atoms with Crippen LogP contribution >= 0.6 is 0 Å². The van der Waals surface area contributed by atoms with Gasteiger partial charge in [0.2, 0.25) is 5.95 Å². The van der Waals surface area contributed by atoms with Gasteiger partial charge in [-0.15, -0.1) is 0 Å². The van der Waals surface area contributed by atoms with Crippen molar-refractivity contribution in [2.75, 3.05) is 18.0 Å². The third-order valence-electron chi connectivity index (χ3n) is 3.54. The van der Waals surface area contributed by atoms with Gasteiger partial charge in [-0.05, 0) is 30.5 Å². The Morgan fingerprint density at radius 3 is 2.21 bits per heavy atom. The number of hydrogen-bond donors (Lipinski definition) is 1. The highest BCUT2D eigenvalue weighted by atomic mass is 19.1. The highest BCUT2D eigenvalue weighted by Crippen LogP contribution is 2.09. The van der Waals surface area contributed by atoms with Crippen LogP contribution in [-0.2, 0) is 6.54 Å². The molecular weight excluding hydrogens is 307 g/mol. The van der Waals surface area contributed by atoms with Crippen LogP contribution in [0.2, 0.25) is 0 Å². The van der Waals surface area contributed by atoms with Gasteiger partial charge in [-0.25, -0.2) is 14.4 Å². The first-order valence-corrected chi connectivity index (χ1v) is 8.23. The molecule has 128 valence electrons. The first-order valence-electron chi connectivity index (χ1n) is 8.23. The maximum atomic E-state index is 12.9. The summed E-state index contributed by atoms with van der Waals surface area (Å²) in [4.78, 5) is 22.9. The van der Waals surface area contributed by atoms with E-state index >= 15 is 0 Å². The molecule has 0 saturated heterocycles. The van der Waals surface area contributed by atoms with Gasteiger partial charge in [0, 0.05) is 32.0 Å². The van der Waals surface area contributed by atoms with Gasteiger partial charge in [0.25, 0.3) is 5.91 Å². The van der Waals surface area contributed by atoms with Crippen LogP contribution in [0.5, 0.6) is 0 Å². The topological polar surface area (TPSA) is 58.1 Å². The zero-order valence-electron chi connectivity index (χ0n) is 14.1. The smallest absolute Gasteiger partial charge is 0.254 e. The van der Waals surface area contributed by atoms with Crippen molar-refractivity contribution in [2.24, 2.45) is 0 Å². The first-order chi connectivity index (χ1) is 11.6. The molecule has 0 spiro atoms. The Kier molecular flexibility index (Phi) is 6.66. The van der Waals surface area contributed by atoms with Gasteiger partial charge in [0.15, 0.2) is 0 Å². The molecule has 0 atom stereocenters. The van der Waals surface area contributed by atoms with Crippen LogP contribution in [-0.4, -0.2) is 29.0 Å². The molecule has 2 aromatic rings. The Balaban J connectivity index is 1.96. The third kappa shape index (κ3) is 5.01. The largest absolute Gasteiger partial charge is 0.348 e. The van der Waals surface area contributed by atoms with Crippen molar-refractivity contribution in [3.8, 4) is 0 Å². The lowest BCUT2D eigenvalue weighted by Gasteiger charge is -2.21. The van der Waals surface area contributed by atoms with Crippen LogP contribution in [0.25, 0.3) is 0 Å². The van der Waals surface area contributed by atoms with Crippen LogP contribution in [0.3, 0.4) is 0 Å². The van der Waals surface area contributed by atoms with Crippen LogP contribution in [0.4, 0.5) is 10.3 Å². The van der Waals surface area contributed by atoms with E-state index in [0.717, 1.165) is 31.5 Å². The highest BCUT2D eigenvalue weighted by molar-refractivity contribution is 5.93. The number of benzene rings is 1. The minimum absolute atomic E-state index is 0.247. The summed E-state index contributed by atoms with van der Waals surface area (Å²) in [6, 6.07) is 6.02. The molecule has 0 aliphatic carbocycles. The van der Waals surface area contributed by atoms with Gasteiger partial charge in [-0.3, -0.25) is 4.79 Å². The third-order valence-corrected chi connectivity index (χ3v) is 3.54. The van der Waals surface area contributed by atoms with Crippen molar-refractivity contribution >= 4 is 11.9 Å². The number of carbonyl (C=O) groups is 1. The average molecular weight is 330 g/mol. The van der Waals surface area contributed by atoms with E-state index in [9.17, 15) is 9.18 Å². The Bertz CT molecular complexity index is 637. The van der Waals surface area contributed by atoms with Crippen LogP contribution in [0.1, 0.15) is 42.6 Å². The molecule has 0 radical (unpaired) electrons. The summed E-state index contributed by atoms with van der Waals surface area (Å²) in [5.41, 5.74) is 1.24. The van der Waals surface area contributed by atoms with Gasteiger partial charge in [-0.1, -0.05) is 26.0 Å². The van der Waals surface area contributed by atoms with Gasteiger partial charge in [0.05, 0.1) is 5.56 Å². The molecule has 6 heteroatoms. The molecule has 24 heavy (non-hydrogen) atoms. The number of amides is 1. The first kappa shape index (κ1) is 17.8. The number of hydrogen-bond acceptors (Lipinski definition) is 4. The monoisotopic (exact) mass is 330 g/mol. The van der Waals surface area contributed by atoms with Crippen LogP contribution in [0.15, 0.2) is 36.7 Å². The zero-order valence-corrected chi connectivity index (χ0v) is 14.1. The van der Waals surface area contributed by atoms with E-state index in [2.05, 4.69) is 34.0 Å². The molecule has 1 heterocycles. The van der Waals surface area contributed by atoms with Crippen molar-refractivity contribution in [2.45, 2.75) is 33.2 Å². The van der Waals surface area contributed by atoms with E-state index in [1.54, 1.807) is 24.5 Å². The van der Waals surface area contributed by atoms with Gasteiger partial charge < -0.3 is 10.2 Å². The summed E-state index contributed by atoms with van der Waals surface area (Å²) in [7, 11) is 0. The highest BCUT2D eigenvalue weighted by Gasteiger charge is 2.10. The van der Waals surface area contributed by atoms with Crippen molar-refractivity contribution in [3.63, 3.8) is 0 Å². The number of aromatic nitrogens is 2. The number of anilines is 1. The van der Waals surface area contributed by atoms with Crippen molar-refractivity contribution < 1.29 is 9.18 Å². The lowest BCUT2D eigenvalue weighted by atomic mass is 10.2. The maximum Gasteiger partial charge on any atom is 0.254 e. The van der Waals surface area contributed by atoms with E-state index in [-0.39, 0.29) is 11.7 Å². The Hall–Kier alpha value is -2.50. The Labute approximate surface area is 141 Å². The molecule has 5 nitrogen and oxygen atoms in total. The molecule has 2 rings (SSSR count). The molecule has 1 aromatic carbocycles. The fourth-order valence-electron chi connectivity index (χ4n) is 2.34. The summed E-state index contributed by atoms with van der Waals surface area (Å²) >= 11 is 0. The van der Waals surface area contributed by atoms with Gasteiger partial charge in [0.1, 0.15) is 5.82 Å². The standard InChI is InChI=1S/C18H23FN4O/c1-3-9-23(10-4-2)18-21-12-15(13-22-18)17(24)20-11-14-5-7-16(19)8-6-14/h5-8,12-13H,3-4,9-11H2,1-2H3,(H,20,24). The summed E-state index contributed by atoms with van der Waals surface area (Å²) in [5.74, 6) is 0.106. The second-order valence-electron chi connectivity index (χ2n) is 5.57. The fourth-order valence-corrected chi connectivity index (χ4v) is 2.34. The molecule has 0 aliphatic heterocycles. The molecule has 0 bridgehead atoms. The van der Waals surface area contributed by atoms with E-state index in [1.165, 1.54) is 12.1 Å². The molecule has 0 fully saturated rings. The lowest BCUT2D eigenvalue weighted by molar-refractivity contribution is 0.0950. The van der Waals surface area contributed by atoms with Crippen molar-refractivity contribution in [3.05, 3.63) is 53.6 Å². The van der Waals surface area contributed by atoms with Gasteiger partial charge >= 0.3 is 0 Å². The number of halogens is 1. The SMILES string of the molecule is CCCN(CCC)c1ncc(C(=O)NCc2ccc(F)cc2)cn1. The number of carbonyl (C=O) groups excluding carboxylic acids is 1. The Morgan fingerprint density at radius 1 is 1.08 bits per heavy atom. The molecule has 1 amide bonds. The molecule has 0 aliphatic rings. The molecule has 1 N–H and O–H groups in total. The number of nitrogens with zero attached hydrogens (tertiary/aromatic N) is 3. The lowest BCUT2D eigenvalue weighted by Crippen LogP contribution is -2.28. The predicted octanol–water partition coefficient (Wildman–Crippen LogP) is 3.17. The Morgan fingerprint density at radius 2 is 1.67 bits per heavy atom. The predicted molar refractivity (Wildman–Crippen MR) is 92.4 cm³/mol. The van der Waals surface area contributed by atoms with E-state index in [4.69, 9.17) is 0 Å². The molecule has 1 aromatic heterocycles. The molecular formula is C18H23FN4O. The van der Waals surface area contributed by atoms with E-state index < -0.39 is 0 Å². The second-order valence-corrected chi connectivity index (χ2v) is 5.57. The van der Waals surface area contributed by atoms with E-state index in [1.807, 2.05) is 0 Å². The second kappa shape index (κ2) is 8.96.